The maximum Gasteiger partial charge on any atom is 0.329 e. The fourth-order valence-corrected chi connectivity index (χ4v) is 3.22. The van der Waals surface area contributed by atoms with E-state index in [0.29, 0.717) is 11.3 Å². The predicted octanol–water partition coefficient (Wildman–Crippen LogP) is 1.27. The van der Waals surface area contributed by atoms with Crippen molar-refractivity contribution in [2.75, 3.05) is 5.32 Å². The van der Waals surface area contributed by atoms with E-state index >= 15 is 0 Å². The van der Waals surface area contributed by atoms with Crippen molar-refractivity contribution in [2.24, 2.45) is 7.05 Å². The number of aromatic nitrogens is 4. The highest BCUT2D eigenvalue weighted by molar-refractivity contribution is 5.74. The van der Waals surface area contributed by atoms with Crippen molar-refractivity contribution in [3.8, 4) is 0 Å². The number of aliphatic hydroxyl groups is 1. The molecule has 0 amide bonds. The lowest BCUT2D eigenvalue weighted by Crippen LogP contribution is -2.29. The van der Waals surface area contributed by atoms with Gasteiger partial charge in [-0.05, 0) is 29.8 Å². The molecule has 1 aromatic carbocycles. The number of nitrogens with one attached hydrogen (secondary N) is 2. The number of nitro benzene ring substituents is 1. The van der Waals surface area contributed by atoms with Crippen LogP contribution in [0.15, 0.2) is 56.7 Å². The molecule has 3 heterocycles. The van der Waals surface area contributed by atoms with Crippen LogP contribution < -0.4 is 16.6 Å². The normalized spacial score (nSPS) is 12.2. The molecule has 0 unspecified atom stereocenters. The zero-order valence-electron chi connectivity index (χ0n) is 16.3. The highest BCUT2D eigenvalue weighted by Gasteiger charge is 2.21. The molecule has 31 heavy (non-hydrogen) atoms. The van der Waals surface area contributed by atoms with Crippen LogP contribution in [0.25, 0.3) is 11.2 Å². The van der Waals surface area contributed by atoms with Gasteiger partial charge < -0.3 is 19.4 Å². The summed E-state index contributed by atoms with van der Waals surface area (Å²) in [5, 5.41) is 24.6. The van der Waals surface area contributed by atoms with Crippen molar-refractivity contribution in [3.63, 3.8) is 0 Å². The number of hydrogen-bond acceptors (Lipinski definition) is 8. The van der Waals surface area contributed by atoms with Gasteiger partial charge in [-0.25, -0.2) is 4.79 Å². The van der Waals surface area contributed by atoms with Crippen molar-refractivity contribution >= 4 is 22.8 Å². The van der Waals surface area contributed by atoms with Gasteiger partial charge >= 0.3 is 5.69 Å². The van der Waals surface area contributed by atoms with Gasteiger partial charge in [-0.15, -0.1) is 0 Å². The summed E-state index contributed by atoms with van der Waals surface area (Å²) in [6.07, 6.45) is 0.422. The fraction of sp³-hybridized carbons (Fsp3) is 0.211. The topological polar surface area (TPSA) is 161 Å². The van der Waals surface area contributed by atoms with E-state index in [2.05, 4.69) is 15.3 Å². The molecule has 0 saturated carbocycles. The summed E-state index contributed by atoms with van der Waals surface area (Å²) in [5.41, 5.74) is -0.693. The number of nitrogens with zero attached hydrogens (tertiary/aromatic N) is 4. The number of benzene rings is 1. The summed E-state index contributed by atoms with van der Waals surface area (Å²) in [5.74, 6) is 0.872. The smallest absolute Gasteiger partial charge is 0.329 e. The van der Waals surface area contributed by atoms with Crippen LogP contribution in [-0.4, -0.2) is 29.1 Å². The average molecular weight is 426 g/mol. The van der Waals surface area contributed by atoms with Crippen molar-refractivity contribution in [1.82, 2.24) is 19.1 Å². The first kappa shape index (κ1) is 20.1. The summed E-state index contributed by atoms with van der Waals surface area (Å²) in [7, 11) is 1.47. The molecule has 0 radical (unpaired) electrons. The van der Waals surface area contributed by atoms with E-state index in [9.17, 15) is 24.8 Å². The second-order valence-electron chi connectivity index (χ2n) is 6.83. The van der Waals surface area contributed by atoms with Gasteiger partial charge in [0.15, 0.2) is 11.2 Å². The van der Waals surface area contributed by atoms with Gasteiger partial charge in [0.2, 0.25) is 5.95 Å². The van der Waals surface area contributed by atoms with Crippen LogP contribution in [0, 0.1) is 10.1 Å². The van der Waals surface area contributed by atoms with Crippen LogP contribution in [0.4, 0.5) is 11.6 Å². The number of hydrogen-bond donors (Lipinski definition) is 3. The minimum atomic E-state index is -1.10. The molecule has 3 N–H and O–H groups in total. The van der Waals surface area contributed by atoms with Crippen molar-refractivity contribution in [1.29, 1.82) is 0 Å². The average Bonchev–Trinajstić information content (AvgIpc) is 3.39. The molecule has 0 aliphatic heterocycles. The number of imidazole rings is 1. The number of rotatable bonds is 7. The van der Waals surface area contributed by atoms with E-state index in [4.69, 9.17) is 4.42 Å². The Labute approximate surface area is 173 Å². The van der Waals surface area contributed by atoms with Crippen molar-refractivity contribution in [2.45, 2.75) is 19.2 Å². The molecule has 12 nitrogen and oxygen atoms in total. The van der Waals surface area contributed by atoms with Crippen LogP contribution in [0.2, 0.25) is 0 Å². The second-order valence-corrected chi connectivity index (χ2v) is 6.83. The molecular weight excluding hydrogens is 408 g/mol. The van der Waals surface area contributed by atoms with E-state index in [1.165, 1.54) is 46.7 Å². The first-order valence-electron chi connectivity index (χ1n) is 9.23. The Hall–Kier alpha value is -4.19. The van der Waals surface area contributed by atoms with Crippen LogP contribution in [0.3, 0.4) is 0 Å². The van der Waals surface area contributed by atoms with Gasteiger partial charge in [0, 0.05) is 19.2 Å². The van der Waals surface area contributed by atoms with Gasteiger partial charge in [0.1, 0.15) is 5.76 Å². The third kappa shape index (κ3) is 3.83. The molecule has 0 aliphatic carbocycles. The van der Waals surface area contributed by atoms with Gasteiger partial charge in [0.25, 0.3) is 11.2 Å². The van der Waals surface area contributed by atoms with Crippen LogP contribution >= 0.6 is 0 Å². The molecule has 160 valence electrons. The Kier molecular flexibility index (Phi) is 5.13. The highest BCUT2D eigenvalue weighted by atomic mass is 16.6. The summed E-state index contributed by atoms with van der Waals surface area (Å²) in [6.45, 7) is 0.173. The van der Waals surface area contributed by atoms with E-state index < -0.39 is 22.3 Å². The van der Waals surface area contributed by atoms with E-state index in [1.807, 2.05) is 0 Å². The highest BCUT2D eigenvalue weighted by Crippen LogP contribution is 2.23. The third-order valence-electron chi connectivity index (χ3n) is 4.85. The first-order valence-corrected chi connectivity index (χ1v) is 9.23. The molecule has 0 spiro atoms. The quantitative estimate of drug-likeness (QED) is 0.294. The summed E-state index contributed by atoms with van der Waals surface area (Å²) >= 11 is 0. The zero-order valence-corrected chi connectivity index (χ0v) is 16.3. The third-order valence-corrected chi connectivity index (χ3v) is 4.85. The fourth-order valence-electron chi connectivity index (χ4n) is 3.22. The van der Waals surface area contributed by atoms with Crippen LogP contribution in [0.1, 0.15) is 17.4 Å². The van der Waals surface area contributed by atoms with Gasteiger partial charge in [0.05, 0.1) is 30.4 Å². The van der Waals surface area contributed by atoms with E-state index in [1.54, 1.807) is 12.1 Å². The molecular formula is C19H18N6O6. The number of aliphatic hydroxyl groups excluding tert-OH is 1. The van der Waals surface area contributed by atoms with Crippen LogP contribution in [0.5, 0.6) is 0 Å². The number of H-pyrrole nitrogens is 1. The van der Waals surface area contributed by atoms with Crippen molar-refractivity contribution < 1.29 is 14.4 Å². The number of anilines is 1. The number of non-ortho nitro benzene ring substituents is 1. The number of fused-ring (bicyclic) bond motifs is 1. The van der Waals surface area contributed by atoms with Crippen molar-refractivity contribution in [3.05, 3.63) is 84.9 Å². The Balaban J connectivity index is 1.74. The predicted molar refractivity (Wildman–Crippen MR) is 110 cm³/mol. The molecule has 12 heteroatoms. The molecule has 0 fully saturated rings. The maximum absolute atomic E-state index is 12.5. The number of furan rings is 1. The summed E-state index contributed by atoms with van der Waals surface area (Å²) in [6, 6.07) is 8.95. The van der Waals surface area contributed by atoms with E-state index in [0.717, 1.165) is 0 Å². The maximum atomic E-state index is 12.5. The molecule has 0 bridgehead atoms. The lowest BCUT2D eigenvalue weighted by atomic mass is 10.1. The Morgan fingerprint density at radius 1 is 1.29 bits per heavy atom. The van der Waals surface area contributed by atoms with Gasteiger partial charge in [-0.1, -0.05) is 0 Å². The molecule has 4 rings (SSSR count). The minimum absolute atomic E-state index is 0.0872. The molecule has 0 aliphatic rings. The number of nitro groups is 1. The molecule has 0 saturated heterocycles. The molecule has 3 aromatic heterocycles. The zero-order chi connectivity index (χ0) is 22.1. The lowest BCUT2D eigenvalue weighted by molar-refractivity contribution is -0.384. The number of aromatic amines is 1. The second kappa shape index (κ2) is 7.91. The number of aryl methyl sites for hydroxylation is 1. The Bertz CT molecular complexity index is 1350. The standard InChI is InChI=1S/C19H18N6O6/c1-23-16-15(17(27)22-19(23)28)24(18(21-16)20-9-13-3-2-8-31-13)10-14(26)11-4-6-12(7-5-11)25(29)30/h2-8,14,26H,9-10H2,1H3,(H,20,21)(H,22,27,28)/t14-/m1/s1. The Morgan fingerprint density at radius 2 is 2.03 bits per heavy atom. The lowest BCUT2D eigenvalue weighted by Gasteiger charge is -2.15. The largest absolute Gasteiger partial charge is 0.467 e. The first-order chi connectivity index (χ1) is 14.8. The SMILES string of the molecule is Cn1c(=O)[nH]c(=O)c2c1nc(NCc1ccco1)n2C[C@@H](O)c1ccc([N+](=O)[O-])cc1. The van der Waals surface area contributed by atoms with Crippen LogP contribution in [-0.2, 0) is 20.1 Å². The Morgan fingerprint density at radius 3 is 2.68 bits per heavy atom. The minimum Gasteiger partial charge on any atom is -0.467 e. The van der Waals surface area contributed by atoms with Gasteiger partial charge in [-0.3, -0.25) is 24.5 Å². The monoisotopic (exact) mass is 426 g/mol. The summed E-state index contributed by atoms with van der Waals surface area (Å²) < 4.78 is 7.95. The van der Waals surface area contributed by atoms with E-state index in [-0.39, 0.29) is 35.9 Å². The summed E-state index contributed by atoms with van der Waals surface area (Å²) in [4.78, 5) is 41.4. The van der Waals surface area contributed by atoms with Gasteiger partial charge in [-0.2, -0.15) is 4.98 Å². The molecule has 1 atom stereocenters. The molecule has 4 aromatic rings.